The second-order valence-electron chi connectivity index (χ2n) is 14.0. The topological polar surface area (TPSA) is 173 Å². The Morgan fingerprint density at radius 1 is 0.544 bits per heavy atom. The maximum absolute atomic E-state index is 11.6. The second-order valence-corrected chi connectivity index (χ2v) is 16.8. The van der Waals surface area contributed by atoms with Gasteiger partial charge in [0.15, 0.2) is 0 Å². The molecule has 2 N–H and O–H groups in total. The Hall–Kier alpha value is -2.84. The number of hydrogen-bond donors (Lipinski definition) is 2. The van der Waals surface area contributed by atoms with E-state index in [1.54, 1.807) is 6.07 Å². The van der Waals surface area contributed by atoms with Crippen LogP contribution < -0.4 is 14.6 Å². The molecule has 4 aromatic carbocycles. The smallest absolute Gasteiger partial charge is 0.872 e. The van der Waals surface area contributed by atoms with Gasteiger partial charge in [-0.2, -0.15) is 8.42 Å². The van der Waals surface area contributed by atoms with Crippen molar-refractivity contribution in [1.29, 1.82) is 0 Å². The van der Waals surface area contributed by atoms with Gasteiger partial charge in [-0.1, -0.05) is 152 Å². The molecule has 0 saturated heterocycles. The maximum Gasteiger partial charge on any atom is 2.00 e. The van der Waals surface area contributed by atoms with Crippen LogP contribution in [-0.2, 0) is 33.1 Å². The van der Waals surface area contributed by atoms with Crippen molar-refractivity contribution in [2.45, 2.75) is 139 Å². The van der Waals surface area contributed by atoms with E-state index in [2.05, 4.69) is 13.8 Å². The number of rotatable bonds is 24. The first-order chi connectivity index (χ1) is 26.8. The zero-order valence-corrected chi connectivity index (χ0v) is 37.3. The van der Waals surface area contributed by atoms with E-state index in [-0.39, 0.29) is 49.2 Å². The van der Waals surface area contributed by atoms with Crippen LogP contribution in [0.25, 0.3) is 0 Å². The molecule has 0 aliphatic rings. The first kappa shape index (κ1) is 50.3. The molecule has 0 unspecified atom stereocenters. The van der Waals surface area contributed by atoms with Crippen LogP contribution >= 0.6 is 0 Å². The van der Waals surface area contributed by atoms with Crippen LogP contribution in [0.3, 0.4) is 0 Å². The Kier molecular flexibility index (Phi) is 23.8. The van der Waals surface area contributed by atoms with Crippen LogP contribution in [0.1, 0.15) is 128 Å². The molecule has 0 spiro atoms. The molecule has 0 amide bonds. The van der Waals surface area contributed by atoms with Gasteiger partial charge in [0.05, 0.1) is 4.90 Å². The Morgan fingerprint density at radius 2 is 0.930 bits per heavy atom. The number of ether oxygens (including phenoxy) is 2. The number of unbranched alkanes of at least 4 members (excludes halogenated alkanes) is 14. The minimum absolute atomic E-state index is 0. The summed E-state index contributed by atoms with van der Waals surface area (Å²) in [5, 5.41) is 21.2. The summed E-state index contributed by atoms with van der Waals surface area (Å²) in [6.45, 7) is 4.44. The van der Waals surface area contributed by atoms with E-state index >= 15 is 0 Å². The molecule has 57 heavy (non-hydrogen) atoms. The number of benzene rings is 4. The SMILES string of the molecule is CCCCCCCCCCc1ccccc1Oc1ccc(O)c(S(=O)(=O)O)c1.CCCCCCCCCCc1ccccc1Oc1ccc([O-])c(S(=O)(=O)[O-])c1.[Ca+2]. The van der Waals surface area contributed by atoms with Crippen molar-refractivity contribution in [1.82, 2.24) is 0 Å². The van der Waals surface area contributed by atoms with E-state index in [0.29, 0.717) is 11.5 Å². The monoisotopic (exact) mass is 850 g/mol. The molecule has 4 aromatic rings. The van der Waals surface area contributed by atoms with Crippen LogP contribution in [0, 0.1) is 0 Å². The average molecular weight is 851 g/mol. The zero-order valence-electron chi connectivity index (χ0n) is 33.5. The van der Waals surface area contributed by atoms with E-state index < -0.39 is 41.5 Å². The van der Waals surface area contributed by atoms with Gasteiger partial charge in [0.25, 0.3) is 10.1 Å². The minimum Gasteiger partial charge on any atom is -0.872 e. The van der Waals surface area contributed by atoms with Crippen molar-refractivity contribution in [2.75, 3.05) is 0 Å². The normalized spacial score (nSPS) is 11.3. The fraction of sp³-hybridized carbons (Fsp3) is 0.455. The van der Waals surface area contributed by atoms with Crippen molar-refractivity contribution in [3.05, 3.63) is 96.1 Å². The summed E-state index contributed by atoms with van der Waals surface area (Å²) in [6.07, 6.45) is 21.6. The number of phenolic OH excluding ortho intramolecular Hbond substituents is 1. The minimum atomic E-state index is -4.83. The van der Waals surface area contributed by atoms with E-state index in [1.807, 2.05) is 42.5 Å². The molecule has 0 fully saturated rings. The first-order valence-corrected chi connectivity index (χ1v) is 22.8. The maximum atomic E-state index is 11.6. The van der Waals surface area contributed by atoms with E-state index in [9.17, 15) is 36.2 Å². The molecule has 10 nitrogen and oxygen atoms in total. The van der Waals surface area contributed by atoms with Crippen LogP contribution in [0.15, 0.2) is 94.7 Å². The fourth-order valence-electron chi connectivity index (χ4n) is 6.28. The molecule has 0 aliphatic carbocycles. The number of hydrogen-bond acceptors (Lipinski definition) is 9. The molecule has 13 heteroatoms. The van der Waals surface area contributed by atoms with Gasteiger partial charge in [-0.25, -0.2) is 8.42 Å². The quantitative estimate of drug-likeness (QED) is 0.0392. The van der Waals surface area contributed by atoms with Crippen molar-refractivity contribution in [3.63, 3.8) is 0 Å². The van der Waals surface area contributed by atoms with Crippen LogP contribution in [0.2, 0.25) is 0 Å². The summed E-state index contributed by atoms with van der Waals surface area (Å²) >= 11 is 0. The van der Waals surface area contributed by atoms with Gasteiger partial charge < -0.3 is 24.2 Å². The average Bonchev–Trinajstić information content (AvgIpc) is 3.16. The van der Waals surface area contributed by atoms with Gasteiger partial charge in [0.2, 0.25) is 0 Å². The molecule has 0 aliphatic heterocycles. The molecule has 0 radical (unpaired) electrons. The Labute approximate surface area is 370 Å². The van der Waals surface area contributed by atoms with Crippen LogP contribution in [-0.4, -0.2) is 68.8 Å². The summed E-state index contributed by atoms with van der Waals surface area (Å²) in [4.78, 5) is -1.35. The van der Waals surface area contributed by atoms with Gasteiger partial charge in [0, 0.05) is 6.07 Å². The molecule has 4 rings (SSSR count). The fourth-order valence-corrected chi connectivity index (χ4v) is 7.46. The Morgan fingerprint density at radius 3 is 1.35 bits per heavy atom. The molecule has 0 bridgehead atoms. The molecule has 0 heterocycles. The van der Waals surface area contributed by atoms with Gasteiger partial charge >= 0.3 is 37.7 Å². The molecular formula is C44H58CaO10S2. The van der Waals surface area contributed by atoms with E-state index in [0.717, 1.165) is 61.4 Å². The number of phenols is 1. The summed E-state index contributed by atoms with van der Waals surface area (Å²) in [5.41, 5.74) is 2.07. The predicted molar refractivity (Wildman–Crippen MR) is 223 cm³/mol. The summed E-state index contributed by atoms with van der Waals surface area (Å²) in [6, 6.07) is 22.4. The van der Waals surface area contributed by atoms with Gasteiger partial charge in [0.1, 0.15) is 43.8 Å². The molecule has 308 valence electrons. The summed E-state index contributed by atoms with van der Waals surface area (Å²) in [5.74, 6) is 0.332. The van der Waals surface area contributed by atoms with Gasteiger partial charge in [-0.05, 0) is 73.2 Å². The van der Waals surface area contributed by atoms with Crippen molar-refractivity contribution >= 4 is 58.0 Å². The summed E-state index contributed by atoms with van der Waals surface area (Å²) < 4.78 is 77.1. The standard InChI is InChI=1S/2C22H30O5S.Ca/c2*1-2-3-4-5-6-7-8-9-12-18-13-10-11-14-21(18)27-19-15-16-20(23)22(17-19)28(24,25)26;/h2*10-11,13-17,23H,2-9,12H2,1H3,(H,24,25,26);/q;;+2/p-2. The number of aryl methyl sites for hydroxylation is 2. The van der Waals surface area contributed by atoms with Crippen molar-refractivity contribution < 1.29 is 45.6 Å². The Balaban J connectivity index is 0.000000387. The second kappa shape index (κ2) is 27.0. The zero-order chi connectivity index (χ0) is 40.8. The third-order valence-electron chi connectivity index (χ3n) is 9.39. The number of para-hydroxylation sites is 2. The molecular weight excluding hydrogens is 793 g/mol. The third-order valence-corrected chi connectivity index (χ3v) is 11.1. The predicted octanol–water partition coefficient (Wildman–Crippen LogP) is 10.9. The Bertz CT molecular complexity index is 1840. The van der Waals surface area contributed by atoms with Gasteiger partial charge in [-0.15, -0.1) is 0 Å². The third kappa shape index (κ3) is 19.2. The molecule has 0 saturated carbocycles. The van der Waals surface area contributed by atoms with Crippen LogP contribution in [0.5, 0.6) is 34.5 Å². The van der Waals surface area contributed by atoms with E-state index in [1.165, 1.54) is 102 Å². The number of aromatic hydroxyl groups is 1. The summed E-state index contributed by atoms with van der Waals surface area (Å²) in [7, 11) is -9.35. The largest absolute Gasteiger partial charge is 2.00 e. The van der Waals surface area contributed by atoms with E-state index in [4.69, 9.17) is 9.47 Å². The van der Waals surface area contributed by atoms with Crippen molar-refractivity contribution in [3.8, 4) is 34.5 Å². The molecule has 0 atom stereocenters. The van der Waals surface area contributed by atoms with Gasteiger partial charge in [-0.3, -0.25) is 4.55 Å². The first-order valence-electron chi connectivity index (χ1n) is 19.9. The van der Waals surface area contributed by atoms with Crippen molar-refractivity contribution in [2.24, 2.45) is 0 Å². The van der Waals surface area contributed by atoms with Crippen LogP contribution in [0.4, 0.5) is 0 Å². The molecule has 0 aromatic heterocycles.